The van der Waals surface area contributed by atoms with Gasteiger partial charge in [-0.1, -0.05) is 18.2 Å². The van der Waals surface area contributed by atoms with Crippen molar-refractivity contribution in [3.63, 3.8) is 0 Å². The fourth-order valence-electron chi connectivity index (χ4n) is 1.80. The third kappa shape index (κ3) is 4.71. The molecule has 0 amide bonds. The standard InChI is InChI=1S/C14H17F4NO3.ClH/c1-13(2,12(20)21-3)10(19)8-6-4-5-7-9(8)22-14(17,18)11(15)16;/h4-7,10-11H,19H2,1-3H3;1H/t10-;/m1./s1. The summed E-state index contributed by atoms with van der Waals surface area (Å²) in [5.74, 6) is -1.19. The van der Waals surface area contributed by atoms with Crippen molar-refractivity contribution in [3.05, 3.63) is 29.8 Å². The van der Waals surface area contributed by atoms with Gasteiger partial charge in [0.25, 0.3) is 0 Å². The molecule has 0 bridgehead atoms. The molecule has 2 N–H and O–H groups in total. The predicted molar refractivity (Wildman–Crippen MR) is 78.0 cm³/mol. The van der Waals surface area contributed by atoms with Crippen molar-refractivity contribution < 1.29 is 31.8 Å². The fraction of sp³-hybridized carbons (Fsp3) is 0.500. The molecule has 132 valence electrons. The van der Waals surface area contributed by atoms with Crippen molar-refractivity contribution in [2.24, 2.45) is 11.1 Å². The molecule has 0 fully saturated rings. The molecule has 0 heterocycles. The summed E-state index contributed by atoms with van der Waals surface area (Å²) in [6.07, 6.45) is -8.66. The van der Waals surface area contributed by atoms with Gasteiger partial charge in [0.1, 0.15) is 5.75 Å². The fourth-order valence-corrected chi connectivity index (χ4v) is 1.80. The van der Waals surface area contributed by atoms with Gasteiger partial charge in [0.15, 0.2) is 0 Å². The topological polar surface area (TPSA) is 61.5 Å². The largest absolute Gasteiger partial charge is 0.469 e. The average Bonchev–Trinajstić information content (AvgIpc) is 2.45. The van der Waals surface area contributed by atoms with Gasteiger partial charge in [0.2, 0.25) is 0 Å². The second kappa shape index (κ2) is 7.83. The number of esters is 1. The zero-order chi connectivity index (χ0) is 17.1. The molecule has 1 atom stereocenters. The van der Waals surface area contributed by atoms with Crippen molar-refractivity contribution >= 4 is 18.4 Å². The van der Waals surface area contributed by atoms with E-state index in [0.29, 0.717) is 0 Å². The number of para-hydroxylation sites is 1. The molecule has 4 nitrogen and oxygen atoms in total. The molecule has 23 heavy (non-hydrogen) atoms. The van der Waals surface area contributed by atoms with Crippen LogP contribution in [0.15, 0.2) is 24.3 Å². The van der Waals surface area contributed by atoms with E-state index in [1.54, 1.807) is 0 Å². The SMILES string of the molecule is COC(=O)C(C)(C)[C@H](N)c1ccccc1OC(F)(F)C(F)F.Cl. The number of ether oxygens (including phenoxy) is 2. The second-order valence-electron chi connectivity index (χ2n) is 5.19. The van der Waals surface area contributed by atoms with Crippen LogP contribution in [0.2, 0.25) is 0 Å². The number of halogens is 5. The lowest BCUT2D eigenvalue weighted by molar-refractivity contribution is -0.253. The van der Waals surface area contributed by atoms with Crippen LogP contribution in [0.3, 0.4) is 0 Å². The molecule has 0 aliphatic rings. The lowest BCUT2D eigenvalue weighted by atomic mass is 9.80. The molecule has 0 spiro atoms. The Bertz CT molecular complexity index is 541. The molecule has 0 aliphatic heterocycles. The maximum Gasteiger partial charge on any atom is 0.461 e. The summed E-state index contributed by atoms with van der Waals surface area (Å²) in [4.78, 5) is 11.7. The maximum absolute atomic E-state index is 13.1. The number of methoxy groups -OCH3 is 1. The van der Waals surface area contributed by atoms with Crippen LogP contribution in [-0.2, 0) is 9.53 Å². The molecular formula is C14H18ClF4NO3. The van der Waals surface area contributed by atoms with Gasteiger partial charge in [-0.25, -0.2) is 0 Å². The summed E-state index contributed by atoms with van der Waals surface area (Å²) < 4.78 is 59.4. The molecule has 0 aliphatic carbocycles. The van der Waals surface area contributed by atoms with E-state index in [2.05, 4.69) is 9.47 Å². The highest BCUT2D eigenvalue weighted by Gasteiger charge is 2.45. The first-order valence-corrected chi connectivity index (χ1v) is 6.32. The van der Waals surface area contributed by atoms with Gasteiger partial charge in [-0.05, 0) is 19.9 Å². The second-order valence-corrected chi connectivity index (χ2v) is 5.19. The Morgan fingerprint density at radius 2 is 1.74 bits per heavy atom. The van der Waals surface area contributed by atoms with Crippen LogP contribution >= 0.6 is 12.4 Å². The highest BCUT2D eigenvalue weighted by molar-refractivity contribution is 5.85. The summed E-state index contributed by atoms with van der Waals surface area (Å²) in [6.45, 7) is 2.90. The number of carbonyl (C=O) groups excluding carboxylic acids is 1. The van der Waals surface area contributed by atoms with Crippen LogP contribution < -0.4 is 10.5 Å². The monoisotopic (exact) mass is 359 g/mol. The Morgan fingerprint density at radius 3 is 2.22 bits per heavy atom. The maximum atomic E-state index is 13.1. The molecule has 0 radical (unpaired) electrons. The van der Waals surface area contributed by atoms with E-state index in [4.69, 9.17) is 5.73 Å². The minimum Gasteiger partial charge on any atom is -0.469 e. The summed E-state index contributed by atoms with van der Waals surface area (Å²) in [6, 6.07) is 4.11. The first-order chi connectivity index (χ1) is 10.0. The number of hydrogen-bond acceptors (Lipinski definition) is 4. The summed E-state index contributed by atoms with van der Waals surface area (Å²) in [5, 5.41) is 0. The molecule has 0 saturated carbocycles. The smallest absolute Gasteiger partial charge is 0.461 e. The van der Waals surface area contributed by atoms with Crippen LogP contribution in [0, 0.1) is 5.41 Å². The number of hydrogen-bond donors (Lipinski definition) is 1. The van der Waals surface area contributed by atoms with E-state index in [9.17, 15) is 22.4 Å². The third-order valence-electron chi connectivity index (χ3n) is 3.24. The highest BCUT2D eigenvalue weighted by Crippen LogP contribution is 2.39. The van der Waals surface area contributed by atoms with E-state index in [1.807, 2.05) is 0 Å². The Kier molecular flexibility index (Phi) is 7.30. The van der Waals surface area contributed by atoms with Gasteiger partial charge in [0, 0.05) is 11.6 Å². The van der Waals surface area contributed by atoms with Crippen molar-refractivity contribution in [1.29, 1.82) is 0 Å². The Balaban J connectivity index is 0.00000484. The third-order valence-corrected chi connectivity index (χ3v) is 3.24. The minimum atomic E-state index is -4.66. The van der Waals surface area contributed by atoms with Crippen LogP contribution in [0.4, 0.5) is 17.6 Å². The van der Waals surface area contributed by atoms with E-state index in [0.717, 1.165) is 13.2 Å². The van der Waals surface area contributed by atoms with Crippen molar-refractivity contribution in [2.45, 2.75) is 32.4 Å². The highest BCUT2D eigenvalue weighted by atomic mass is 35.5. The molecule has 1 aromatic carbocycles. The molecule has 9 heteroatoms. The Morgan fingerprint density at radius 1 is 1.22 bits per heavy atom. The van der Waals surface area contributed by atoms with Gasteiger partial charge in [-0.3, -0.25) is 4.79 Å². The molecule has 1 aromatic rings. The van der Waals surface area contributed by atoms with Crippen molar-refractivity contribution in [2.75, 3.05) is 7.11 Å². The Hall–Kier alpha value is -1.54. The normalized spacial score (nSPS) is 13.3. The first-order valence-electron chi connectivity index (χ1n) is 6.32. The summed E-state index contributed by atoms with van der Waals surface area (Å²) in [7, 11) is 1.16. The summed E-state index contributed by atoms with van der Waals surface area (Å²) in [5.41, 5.74) is 4.66. The molecule has 0 aromatic heterocycles. The average molecular weight is 360 g/mol. The van der Waals surface area contributed by atoms with Crippen LogP contribution in [0.1, 0.15) is 25.5 Å². The van der Waals surface area contributed by atoms with Gasteiger partial charge >= 0.3 is 18.5 Å². The first kappa shape index (κ1) is 21.5. The van der Waals surface area contributed by atoms with E-state index in [-0.39, 0.29) is 18.0 Å². The van der Waals surface area contributed by atoms with Gasteiger partial charge in [-0.2, -0.15) is 17.6 Å². The zero-order valence-corrected chi connectivity index (χ0v) is 13.5. The zero-order valence-electron chi connectivity index (χ0n) is 12.7. The van der Waals surface area contributed by atoms with Gasteiger partial charge < -0.3 is 15.2 Å². The van der Waals surface area contributed by atoms with Crippen LogP contribution in [0.25, 0.3) is 0 Å². The minimum absolute atomic E-state index is 0. The van der Waals surface area contributed by atoms with E-state index in [1.165, 1.54) is 32.0 Å². The van der Waals surface area contributed by atoms with Crippen LogP contribution in [0.5, 0.6) is 5.75 Å². The Labute approximate surface area is 137 Å². The lowest BCUT2D eigenvalue weighted by Crippen LogP contribution is -2.39. The number of benzene rings is 1. The number of alkyl halides is 4. The van der Waals surface area contributed by atoms with E-state index < -0.39 is 35.7 Å². The van der Waals surface area contributed by atoms with Gasteiger partial charge in [0.05, 0.1) is 12.5 Å². The predicted octanol–water partition coefficient (Wildman–Crippen LogP) is 3.54. The summed E-state index contributed by atoms with van der Waals surface area (Å²) >= 11 is 0. The van der Waals surface area contributed by atoms with E-state index >= 15 is 0 Å². The lowest BCUT2D eigenvalue weighted by Gasteiger charge is -2.30. The van der Waals surface area contributed by atoms with Crippen molar-refractivity contribution in [1.82, 2.24) is 0 Å². The number of nitrogens with two attached hydrogens (primary N) is 1. The molecular weight excluding hydrogens is 342 g/mol. The molecule has 1 rings (SSSR count). The number of carbonyl (C=O) groups is 1. The number of rotatable bonds is 6. The molecule has 0 unspecified atom stereocenters. The van der Waals surface area contributed by atoms with Gasteiger partial charge in [-0.15, -0.1) is 12.4 Å². The molecule has 0 saturated heterocycles. The van der Waals surface area contributed by atoms with Crippen molar-refractivity contribution in [3.8, 4) is 5.75 Å². The van der Waals surface area contributed by atoms with Crippen LogP contribution in [-0.4, -0.2) is 25.6 Å². The quantitative estimate of drug-likeness (QED) is 0.623.